The molecule has 4 unspecified atom stereocenters. The van der Waals surface area contributed by atoms with Crippen LogP contribution in [0.5, 0.6) is 0 Å². The van der Waals surface area contributed by atoms with E-state index in [-0.39, 0.29) is 51.9 Å². The Labute approximate surface area is 578 Å². The monoisotopic (exact) mass is 1470 g/mol. The van der Waals surface area contributed by atoms with E-state index in [0.29, 0.717) is 0 Å². The van der Waals surface area contributed by atoms with Gasteiger partial charge in [0, 0.05) is 0 Å². The molecule has 4 saturated heterocycles. The molecule has 6 aromatic carbocycles. The second kappa shape index (κ2) is 36.3. The summed E-state index contributed by atoms with van der Waals surface area (Å²) in [4.78, 5) is 117. The Morgan fingerprint density at radius 2 is 0.752 bits per heavy atom. The van der Waals surface area contributed by atoms with Gasteiger partial charge in [0.15, 0.2) is 24.1 Å². The number of alkyl halides is 10. The Morgan fingerprint density at radius 1 is 0.475 bits per heavy atom. The van der Waals surface area contributed by atoms with E-state index in [1.165, 1.54) is 130 Å². The van der Waals surface area contributed by atoms with E-state index in [1.807, 2.05) is 0 Å². The molecule has 10 rings (SSSR count). The van der Waals surface area contributed by atoms with Gasteiger partial charge in [-0.05, 0) is 93.6 Å². The number of cyclic esters (lactones) is 3. The number of rotatable bonds is 19. The topological polar surface area (TPSA) is 302 Å². The first kappa shape index (κ1) is 79.9. The second-order valence-electron chi connectivity index (χ2n) is 21.4. The van der Waals surface area contributed by atoms with E-state index in [0.717, 1.165) is 0 Å². The SMILES string of the molecule is CCOC(=O)C(F)(F)C(OC(=O)c1ccccc1)[C@H]1COC(C)(C)O1.ClCCl.O=C(OC1[C@@H](CO)OC(=O)C1(F)F)c1ccccc1.O=C(OC[C@H]1OC(=O)C(F)(F)C1OC(=O)c1ccccc1)c1ccccc1.O=C(OC[C@H]1OC(=O)C(F)(F)C1OC(=O)c1ccccc1)c1ccccc1. The van der Waals surface area contributed by atoms with Gasteiger partial charge in [0.25, 0.3) is 0 Å². The van der Waals surface area contributed by atoms with Crippen molar-refractivity contribution >= 4 is 82.9 Å². The number of hydrogen-bond acceptors (Lipinski definition) is 23. The Morgan fingerprint density at radius 3 is 1.03 bits per heavy atom. The largest absolute Gasteiger partial charge is 0.461 e. The van der Waals surface area contributed by atoms with E-state index in [1.54, 1.807) is 72.8 Å². The van der Waals surface area contributed by atoms with Crippen molar-refractivity contribution < 1.29 is 145 Å². The maximum absolute atomic E-state index is 14.6. The molecule has 33 heteroatoms. The molecule has 0 aromatic heterocycles. The van der Waals surface area contributed by atoms with Crippen LogP contribution in [0.15, 0.2) is 182 Å². The zero-order valence-electron chi connectivity index (χ0n) is 52.9. The molecular weight excluding hydrogens is 1410 g/mol. The average molecular weight is 1470 g/mol. The molecule has 8 atom stereocenters. The molecule has 4 aliphatic heterocycles. The van der Waals surface area contributed by atoms with E-state index < -0.39 is 158 Å². The third-order valence-corrected chi connectivity index (χ3v) is 13.9. The molecule has 101 heavy (non-hydrogen) atoms. The van der Waals surface area contributed by atoms with Crippen LogP contribution in [0, 0.1) is 0 Å². The molecule has 540 valence electrons. The smallest absolute Gasteiger partial charge is 0.382 e. The number of ether oxygens (including phenoxy) is 12. The lowest BCUT2D eigenvalue weighted by Crippen LogP contribution is -2.52. The molecule has 4 aliphatic rings. The van der Waals surface area contributed by atoms with E-state index in [9.17, 15) is 83.1 Å². The molecule has 6 aromatic rings. The fourth-order valence-corrected chi connectivity index (χ4v) is 8.96. The maximum atomic E-state index is 14.6. The Kier molecular flexibility index (Phi) is 28.7. The highest BCUT2D eigenvalue weighted by Gasteiger charge is 2.65. The van der Waals surface area contributed by atoms with Crippen LogP contribution in [0.2, 0.25) is 0 Å². The van der Waals surface area contributed by atoms with Crippen LogP contribution >= 0.6 is 23.2 Å². The normalized spacial score (nSPS) is 21.0. The molecule has 4 fully saturated rings. The number of halogens is 10. The number of carbonyl (C=O) groups is 10. The minimum absolute atomic E-state index is 0.0349. The summed E-state index contributed by atoms with van der Waals surface area (Å²) in [5.41, 5.74) is 0.609. The maximum Gasteiger partial charge on any atom is 0.382 e. The molecule has 0 spiro atoms. The molecular formula is C68H60Cl2F8O23. The van der Waals surface area contributed by atoms with Gasteiger partial charge in [0.1, 0.15) is 19.3 Å². The summed E-state index contributed by atoms with van der Waals surface area (Å²) in [5.74, 6) is -30.2. The first-order valence-electron chi connectivity index (χ1n) is 29.7. The summed E-state index contributed by atoms with van der Waals surface area (Å²) in [7, 11) is 0. The minimum Gasteiger partial charge on any atom is -0.461 e. The van der Waals surface area contributed by atoms with Crippen molar-refractivity contribution in [2.24, 2.45) is 0 Å². The molecule has 0 amide bonds. The van der Waals surface area contributed by atoms with Crippen LogP contribution in [0.25, 0.3) is 0 Å². The Hall–Kier alpha value is -10.1. The summed E-state index contributed by atoms with van der Waals surface area (Å²) in [6.07, 6.45) is -14.8. The predicted molar refractivity (Wildman–Crippen MR) is 331 cm³/mol. The van der Waals surface area contributed by atoms with Crippen LogP contribution in [0.4, 0.5) is 35.1 Å². The summed E-state index contributed by atoms with van der Waals surface area (Å²) >= 11 is 9.53. The van der Waals surface area contributed by atoms with Crippen molar-refractivity contribution in [1.29, 1.82) is 0 Å². The van der Waals surface area contributed by atoms with Crippen molar-refractivity contribution in [1.82, 2.24) is 0 Å². The predicted octanol–water partition coefficient (Wildman–Crippen LogP) is 10.0. The third-order valence-electron chi connectivity index (χ3n) is 13.9. The zero-order valence-corrected chi connectivity index (χ0v) is 54.4. The fraction of sp³-hybridized carbons (Fsp3) is 0.324. The molecule has 23 nitrogen and oxygen atoms in total. The highest BCUT2D eigenvalue weighted by atomic mass is 35.5. The van der Waals surface area contributed by atoms with Crippen molar-refractivity contribution in [2.45, 2.75) is 99.1 Å². The number of aliphatic hydroxyl groups is 1. The fourth-order valence-electron chi connectivity index (χ4n) is 8.96. The van der Waals surface area contributed by atoms with E-state index >= 15 is 0 Å². The third kappa shape index (κ3) is 21.5. The Bertz CT molecular complexity index is 3630. The second-order valence-corrected chi connectivity index (χ2v) is 22.2. The van der Waals surface area contributed by atoms with Gasteiger partial charge in [-0.2, -0.15) is 35.1 Å². The first-order valence-corrected chi connectivity index (χ1v) is 30.8. The zero-order chi connectivity index (χ0) is 74.3. The lowest BCUT2D eigenvalue weighted by Gasteiger charge is -2.29. The first-order chi connectivity index (χ1) is 47.8. The van der Waals surface area contributed by atoms with Gasteiger partial charge in [0.05, 0.1) is 58.5 Å². The molecule has 0 bridgehead atoms. The van der Waals surface area contributed by atoms with Gasteiger partial charge in [-0.3, -0.25) is 0 Å². The Balaban J connectivity index is 0.000000211. The van der Waals surface area contributed by atoms with Crippen LogP contribution in [0.3, 0.4) is 0 Å². The van der Waals surface area contributed by atoms with Crippen LogP contribution < -0.4 is 0 Å². The van der Waals surface area contributed by atoms with Crippen LogP contribution in [-0.2, 0) is 76.0 Å². The highest BCUT2D eigenvalue weighted by Crippen LogP contribution is 2.39. The van der Waals surface area contributed by atoms with Crippen molar-refractivity contribution in [3.05, 3.63) is 215 Å². The molecule has 0 radical (unpaired) electrons. The van der Waals surface area contributed by atoms with Gasteiger partial charge >= 0.3 is 83.4 Å². The number of benzene rings is 6. The van der Waals surface area contributed by atoms with Gasteiger partial charge in [-0.15, -0.1) is 23.2 Å². The molecule has 4 heterocycles. The number of hydrogen-bond donors (Lipinski definition) is 1. The van der Waals surface area contributed by atoms with E-state index in [4.69, 9.17) is 61.5 Å². The van der Waals surface area contributed by atoms with Crippen LogP contribution in [-0.4, -0.2) is 181 Å². The quantitative estimate of drug-likeness (QED) is 0.0341. The highest BCUT2D eigenvalue weighted by molar-refractivity contribution is 6.40. The lowest BCUT2D eigenvalue weighted by molar-refractivity contribution is -0.210. The summed E-state index contributed by atoms with van der Waals surface area (Å²) < 4.78 is 170. The van der Waals surface area contributed by atoms with Gasteiger partial charge < -0.3 is 61.9 Å². The van der Waals surface area contributed by atoms with Crippen molar-refractivity contribution in [3.63, 3.8) is 0 Å². The number of esters is 10. The van der Waals surface area contributed by atoms with Crippen molar-refractivity contribution in [2.75, 3.05) is 38.4 Å². The standard InChI is InChI=1S/2C19H14F2O6.C17H20F2O6.C12H10F2O5.CH2Cl2/c2*20-19(21)15(27-17(23)13-9-5-2-6-10-13)14(26-18(19)24)11-25-16(22)12-7-3-1-4-8-12;1-4-22-15(21)17(18,19)13(12-10-23-16(2,3)25-12)24-14(20)11-8-6-5-7-9-11;13-12(14)9(8(6-15)18-11(12)17)19-10(16)7-4-2-1-3-5-7;2-1-3/h2*1-10,14-15H,11H2;5-9,12-13H,4,10H2,1-3H3;1-5,8-9,15H,6H2;1H2/t2*14-,15?;12-,13?;8-,9?;/m1111./s1. The summed E-state index contributed by atoms with van der Waals surface area (Å²) in [5, 5.41) is 9.06. The molecule has 0 saturated carbocycles. The molecule has 0 aliphatic carbocycles. The van der Waals surface area contributed by atoms with Gasteiger partial charge in [-0.1, -0.05) is 109 Å². The molecule has 1 N–H and O–H groups in total. The lowest BCUT2D eigenvalue weighted by atomic mass is 10.1. The van der Waals surface area contributed by atoms with Crippen molar-refractivity contribution in [3.8, 4) is 0 Å². The van der Waals surface area contributed by atoms with Gasteiger partial charge in [0.2, 0.25) is 24.4 Å². The number of aliphatic hydroxyl groups excluding tert-OH is 1. The summed E-state index contributed by atoms with van der Waals surface area (Å²) in [6, 6.07) is 45.7. The minimum atomic E-state index is -4.09. The van der Waals surface area contributed by atoms with Gasteiger partial charge in [-0.25, -0.2) is 47.9 Å². The average Bonchev–Trinajstić information content (AvgIpc) is 1.69. The number of carbonyl (C=O) groups excluding carboxylic acids is 10. The summed E-state index contributed by atoms with van der Waals surface area (Å²) in [6.45, 7) is 1.77. The van der Waals surface area contributed by atoms with E-state index in [2.05, 4.69) is 23.7 Å². The van der Waals surface area contributed by atoms with Crippen LogP contribution in [0.1, 0.15) is 82.9 Å².